The molecule has 1 aromatic rings. The van der Waals surface area contributed by atoms with E-state index in [0.29, 0.717) is 0 Å². The van der Waals surface area contributed by atoms with Crippen LogP contribution < -0.4 is 5.32 Å². The molecular formula is C16H26BrNS. The summed E-state index contributed by atoms with van der Waals surface area (Å²) >= 11 is 5.56. The van der Waals surface area contributed by atoms with E-state index in [0.717, 1.165) is 11.0 Å². The summed E-state index contributed by atoms with van der Waals surface area (Å²) in [4.78, 5) is 1.41. The molecule has 0 unspecified atom stereocenters. The van der Waals surface area contributed by atoms with E-state index in [4.69, 9.17) is 0 Å². The van der Waals surface area contributed by atoms with Crippen LogP contribution >= 0.6 is 27.7 Å². The Balaban J connectivity index is 2.63. The second kappa shape index (κ2) is 8.33. The maximum absolute atomic E-state index is 3.57. The van der Waals surface area contributed by atoms with Gasteiger partial charge in [-0.05, 0) is 56.7 Å². The molecule has 3 heteroatoms. The standard InChI is InChI=1S/C16H26BrNS/c1-5-6-7-10-19-15-9-8-14(17)11-13(15)12-18-16(2,3)4/h8-9,11,18H,5-7,10,12H2,1-4H3. The van der Waals surface area contributed by atoms with Gasteiger partial charge in [0.2, 0.25) is 0 Å². The monoisotopic (exact) mass is 343 g/mol. The van der Waals surface area contributed by atoms with Crippen LogP contribution in [-0.4, -0.2) is 11.3 Å². The highest BCUT2D eigenvalue weighted by Crippen LogP contribution is 2.27. The van der Waals surface area contributed by atoms with E-state index < -0.39 is 0 Å². The zero-order valence-electron chi connectivity index (χ0n) is 12.6. The van der Waals surface area contributed by atoms with Crippen molar-refractivity contribution >= 4 is 27.7 Å². The Bertz CT molecular complexity index is 385. The number of hydrogen-bond donors (Lipinski definition) is 1. The van der Waals surface area contributed by atoms with Gasteiger partial charge in [0, 0.05) is 21.5 Å². The predicted molar refractivity (Wildman–Crippen MR) is 91.0 cm³/mol. The third-order valence-electron chi connectivity index (χ3n) is 2.84. The quantitative estimate of drug-likeness (QED) is 0.509. The zero-order valence-corrected chi connectivity index (χ0v) is 15.0. The largest absolute Gasteiger partial charge is 0.308 e. The van der Waals surface area contributed by atoms with Gasteiger partial charge in [0.05, 0.1) is 0 Å². The summed E-state index contributed by atoms with van der Waals surface area (Å²) in [6.07, 6.45) is 3.93. The minimum Gasteiger partial charge on any atom is -0.308 e. The van der Waals surface area contributed by atoms with Crippen molar-refractivity contribution in [1.82, 2.24) is 5.32 Å². The Labute approximate surface area is 131 Å². The van der Waals surface area contributed by atoms with E-state index in [1.165, 1.54) is 35.5 Å². The Hall–Kier alpha value is 0.01000. The highest BCUT2D eigenvalue weighted by molar-refractivity contribution is 9.10. The number of hydrogen-bond acceptors (Lipinski definition) is 2. The number of rotatable bonds is 7. The van der Waals surface area contributed by atoms with Crippen LogP contribution in [0.3, 0.4) is 0 Å². The molecule has 0 fully saturated rings. The Morgan fingerprint density at radius 1 is 1.21 bits per heavy atom. The zero-order chi connectivity index (χ0) is 14.3. The fourth-order valence-corrected chi connectivity index (χ4v) is 3.18. The third kappa shape index (κ3) is 7.38. The molecule has 0 aliphatic rings. The molecule has 0 aromatic heterocycles. The highest BCUT2D eigenvalue weighted by atomic mass is 79.9. The minimum atomic E-state index is 0.159. The third-order valence-corrected chi connectivity index (χ3v) is 4.53. The second-order valence-electron chi connectivity index (χ2n) is 5.91. The average Bonchev–Trinajstić information content (AvgIpc) is 2.33. The van der Waals surface area contributed by atoms with Crippen LogP contribution in [0.25, 0.3) is 0 Å². The molecule has 108 valence electrons. The van der Waals surface area contributed by atoms with Crippen LogP contribution in [0.2, 0.25) is 0 Å². The van der Waals surface area contributed by atoms with Crippen molar-refractivity contribution in [2.75, 3.05) is 5.75 Å². The summed E-state index contributed by atoms with van der Waals surface area (Å²) in [5.74, 6) is 1.22. The summed E-state index contributed by atoms with van der Waals surface area (Å²) in [6.45, 7) is 9.80. The fraction of sp³-hybridized carbons (Fsp3) is 0.625. The molecule has 0 amide bonds. The van der Waals surface area contributed by atoms with Crippen molar-refractivity contribution in [2.24, 2.45) is 0 Å². The molecule has 0 heterocycles. The van der Waals surface area contributed by atoms with Gasteiger partial charge in [0.15, 0.2) is 0 Å². The summed E-state index contributed by atoms with van der Waals surface area (Å²) in [6, 6.07) is 6.62. The van der Waals surface area contributed by atoms with Gasteiger partial charge >= 0.3 is 0 Å². The predicted octanol–water partition coefficient (Wildman–Crippen LogP) is 5.62. The Morgan fingerprint density at radius 2 is 1.95 bits per heavy atom. The number of unbranched alkanes of at least 4 members (excludes halogenated alkanes) is 2. The van der Waals surface area contributed by atoms with Crippen molar-refractivity contribution in [3.8, 4) is 0 Å². The van der Waals surface area contributed by atoms with E-state index in [2.05, 4.69) is 67.1 Å². The molecule has 0 saturated carbocycles. The van der Waals surface area contributed by atoms with E-state index >= 15 is 0 Å². The van der Waals surface area contributed by atoms with Crippen LogP contribution in [0.15, 0.2) is 27.6 Å². The Morgan fingerprint density at radius 3 is 2.58 bits per heavy atom. The molecule has 1 aromatic carbocycles. The second-order valence-corrected chi connectivity index (χ2v) is 7.96. The maximum atomic E-state index is 3.57. The molecule has 1 nitrogen and oxygen atoms in total. The lowest BCUT2D eigenvalue weighted by Gasteiger charge is -2.21. The smallest absolute Gasteiger partial charge is 0.0221 e. The van der Waals surface area contributed by atoms with Crippen molar-refractivity contribution < 1.29 is 0 Å². The number of benzene rings is 1. The summed E-state index contributed by atoms with van der Waals surface area (Å²) in [7, 11) is 0. The Kier molecular flexibility index (Phi) is 7.48. The van der Waals surface area contributed by atoms with Crippen LogP contribution in [-0.2, 0) is 6.54 Å². The van der Waals surface area contributed by atoms with Crippen molar-refractivity contribution in [3.63, 3.8) is 0 Å². The average molecular weight is 344 g/mol. The fourth-order valence-electron chi connectivity index (χ4n) is 1.72. The van der Waals surface area contributed by atoms with Gasteiger partial charge in [0.25, 0.3) is 0 Å². The van der Waals surface area contributed by atoms with Gasteiger partial charge in [-0.1, -0.05) is 35.7 Å². The van der Waals surface area contributed by atoms with Gasteiger partial charge in [-0.3, -0.25) is 0 Å². The van der Waals surface area contributed by atoms with E-state index in [9.17, 15) is 0 Å². The van der Waals surface area contributed by atoms with Gasteiger partial charge < -0.3 is 5.32 Å². The maximum Gasteiger partial charge on any atom is 0.0221 e. The van der Waals surface area contributed by atoms with Crippen LogP contribution in [0, 0.1) is 0 Å². The van der Waals surface area contributed by atoms with Crippen LogP contribution in [0.5, 0.6) is 0 Å². The molecule has 0 aliphatic carbocycles. The first kappa shape index (κ1) is 17.1. The molecule has 0 spiro atoms. The van der Waals surface area contributed by atoms with Gasteiger partial charge in [0.1, 0.15) is 0 Å². The first-order valence-electron chi connectivity index (χ1n) is 7.08. The summed E-state index contributed by atoms with van der Waals surface area (Å²) in [5.41, 5.74) is 1.55. The van der Waals surface area contributed by atoms with Gasteiger partial charge in [-0.15, -0.1) is 11.8 Å². The minimum absolute atomic E-state index is 0.159. The lowest BCUT2D eigenvalue weighted by Crippen LogP contribution is -2.35. The van der Waals surface area contributed by atoms with E-state index in [1.54, 1.807) is 0 Å². The van der Waals surface area contributed by atoms with E-state index in [1.807, 2.05) is 11.8 Å². The summed E-state index contributed by atoms with van der Waals surface area (Å²) in [5, 5.41) is 3.57. The van der Waals surface area contributed by atoms with Crippen LogP contribution in [0.4, 0.5) is 0 Å². The van der Waals surface area contributed by atoms with Crippen molar-refractivity contribution in [1.29, 1.82) is 0 Å². The molecular weight excluding hydrogens is 318 g/mol. The molecule has 19 heavy (non-hydrogen) atoms. The van der Waals surface area contributed by atoms with Crippen molar-refractivity contribution in [2.45, 2.75) is 63.9 Å². The number of halogens is 1. The normalized spacial score (nSPS) is 11.8. The van der Waals surface area contributed by atoms with Crippen molar-refractivity contribution in [3.05, 3.63) is 28.2 Å². The van der Waals surface area contributed by atoms with Crippen LogP contribution in [0.1, 0.15) is 52.5 Å². The summed E-state index contributed by atoms with van der Waals surface area (Å²) < 4.78 is 1.16. The SMILES string of the molecule is CCCCCSc1ccc(Br)cc1CNC(C)(C)C. The topological polar surface area (TPSA) is 12.0 Å². The number of thioether (sulfide) groups is 1. The molecule has 0 bridgehead atoms. The highest BCUT2D eigenvalue weighted by Gasteiger charge is 2.11. The lowest BCUT2D eigenvalue weighted by molar-refractivity contribution is 0.422. The molecule has 1 N–H and O–H groups in total. The molecule has 0 radical (unpaired) electrons. The molecule has 0 atom stereocenters. The van der Waals surface area contributed by atoms with E-state index in [-0.39, 0.29) is 5.54 Å². The molecule has 1 rings (SSSR count). The first-order valence-corrected chi connectivity index (χ1v) is 8.86. The lowest BCUT2D eigenvalue weighted by atomic mass is 10.1. The van der Waals surface area contributed by atoms with Gasteiger partial charge in [-0.2, -0.15) is 0 Å². The molecule has 0 saturated heterocycles. The first-order chi connectivity index (χ1) is 8.92. The van der Waals surface area contributed by atoms with Gasteiger partial charge in [-0.25, -0.2) is 0 Å². The number of nitrogens with one attached hydrogen (secondary N) is 1. The molecule has 0 aliphatic heterocycles.